The van der Waals surface area contributed by atoms with Crippen molar-refractivity contribution in [1.29, 1.82) is 0 Å². The van der Waals surface area contributed by atoms with E-state index in [1.165, 1.54) is 32.6 Å². The molecule has 2 nitrogen and oxygen atoms in total. The van der Waals surface area contributed by atoms with Crippen molar-refractivity contribution in [2.24, 2.45) is 0 Å². The molecule has 1 aliphatic rings. The Kier molecular flexibility index (Phi) is 7.51. The molecule has 1 heterocycles. The molecule has 0 aliphatic carbocycles. The van der Waals surface area contributed by atoms with Gasteiger partial charge in [0.05, 0.1) is 0 Å². The van der Waals surface area contributed by atoms with Gasteiger partial charge in [0.25, 0.3) is 0 Å². The van der Waals surface area contributed by atoms with Crippen molar-refractivity contribution in [1.82, 2.24) is 10.2 Å². The lowest BCUT2D eigenvalue weighted by molar-refractivity contribution is 0.231. The van der Waals surface area contributed by atoms with E-state index in [1.54, 1.807) is 0 Å². The number of rotatable bonds is 3. The van der Waals surface area contributed by atoms with Crippen molar-refractivity contribution in [3.05, 3.63) is 0 Å². The van der Waals surface area contributed by atoms with Crippen LogP contribution in [-0.2, 0) is 0 Å². The highest BCUT2D eigenvalue weighted by atomic mass is 15.2. The van der Waals surface area contributed by atoms with E-state index in [0.29, 0.717) is 0 Å². The van der Waals surface area contributed by atoms with Gasteiger partial charge in [0.1, 0.15) is 0 Å². The van der Waals surface area contributed by atoms with Crippen LogP contribution in [0.15, 0.2) is 0 Å². The predicted octanol–water partition coefficient (Wildman–Crippen LogP) is 1.72. The van der Waals surface area contributed by atoms with E-state index in [9.17, 15) is 0 Å². The summed E-state index contributed by atoms with van der Waals surface area (Å²) in [4.78, 5) is 2.53. The maximum Gasteiger partial charge on any atom is 0.0232 e. The smallest absolute Gasteiger partial charge is 0.0232 e. The van der Waals surface area contributed by atoms with Gasteiger partial charge in [0.2, 0.25) is 0 Å². The third-order valence-electron chi connectivity index (χ3n) is 2.36. The van der Waals surface area contributed by atoms with Crippen molar-refractivity contribution in [2.75, 3.05) is 26.2 Å². The molecule has 0 amide bonds. The minimum Gasteiger partial charge on any atom is -0.315 e. The first-order valence-corrected chi connectivity index (χ1v) is 5.33. The standard InChI is InChI=1S/C8H18N2.C2H6/c1-3-10(4-2)8-5-6-9-7-8;1-2/h8-9H,3-7H2,1-2H3;1-2H3. The number of nitrogens with zero attached hydrogens (tertiary/aromatic N) is 1. The van der Waals surface area contributed by atoms with Gasteiger partial charge in [0, 0.05) is 12.6 Å². The zero-order valence-electron chi connectivity index (χ0n) is 9.06. The Bertz CT molecular complexity index is 83.8. The first kappa shape index (κ1) is 11.9. The van der Waals surface area contributed by atoms with Gasteiger partial charge < -0.3 is 5.32 Å². The Labute approximate surface area is 77.3 Å². The van der Waals surface area contributed by atoms with Gasteiger partial charge in [-0.1, -0.05) is 27.7 Å². The number of nitrogens with one attached hydrogen (secondary N) is 1. The summed E-state index contributed by atoms with van der Waals surface area (Å²) >= 11 is 0. The average Bonchev–Trinajstić information content (AvgIpc) is 2.64. The topological polar surface area (TPSA) is 15.3 Å². The second-order valence-corrected chi connectivity index (χ2v) is 2.87. The zero-order chi connectivity index (χ0) is 9.40. The van der Waals surface area contributed by atoms with Crippen LogP contribution >= 0.6 is 0 Å². The maximum absolute atomic E-state index is 3.38. The number of hydrogen-bond donors (Lipinski definition) is 1. The van der Waals surface area contributed by atoms with Crippen molar-refractivity contribution in [2.45, 2.75) is 40.2 Å². The summed E-state index contributed by atoms with van der Waals surface area (Å²) in [6.07, 6.45) is 1.34. The first-order valence-electron chi connectivity index (χ1n) is 5.33. The molecule has 1 unspecified atom stereocenters. The molecule has 1 rings (SSSR count). The van der Waals surface area contributed by atoms with E-state index < -0.39 is 0 Å². The highest BCUT2D eigenvalue weighted by Crippen LogP contribution is 2.06. The normalized spacial score (nSPS) is 22.2. The van der Waals surface area contributed by atoms with Gasteiger partial charge in [-0.2, -0.15) is 0 Å². The molecule has 0 bridgehead atoms. The maximum atomic E-state index is 3.38. The van der Waals surface area contributed by atoms with Crippen LogP contribution in [0.25, 0.3) is 0 Å². The van der Waals surface area contributed by atoms with E-state index in [-0.39, 0.29) is 0 Å². The molecule has 0 aromatic rings. The quantitative estimate of drug-likeness (QED) is 0.697. The van der Waals surface area contributed by atoms with Crippen LogP contribution in [0, 0.1) is 0 Å². The Morgan fingerprint density at radius 3 is 2.17 bits per heavy atom. The molecule has 1 saturated heterocycles. The molecule has 0 aromatic carbocycles. The van der Waals surface area contributed by atoms with E-state index in [1.807, 2.05) is 13.8 Å². The lowest BCUT2D eigenvalue weighted by Crippen LogP contribution is -2.36. The van der Waals surface area contributed by atoms with Crippen molar-refractivity contribution >= 4 is 0 Å². The zero-order valence-corrected chi connectivity index (χ0v) is 9.06. The van der Waals surface area contributed by atoms with Gasteiger partial charge >= 0.3 is 0 Å². The minimum atomic E-state index is 0.815. The molecule has 0 radical (unpaired) electrons. The van der Waals surface area contributed by atoms with Crippen molar-refractivity contribution < 1.29 is 0 Å². The van der Waals surface area contributed by atoms with Crippen LogP contribution in [-0.4, -0.2) is 37.1 Å². The van der Waals surface area contributed by atoms with Gasteiger partial charge in [-0.25, -0.2) is 0 Å². The van der Waals surface area contributed by atoms with Crippen LogP contribution in [0.1, 0.15) is 34.1 Å². The molecule has 1 aliphatic heterocycles. The summed E-state index contributed by atoms with van der Waals surface area (Å²) in [6, 6.07) is 0.815. The minimum absolute atomic E-state index is 0.815. The molecule has 0 saturated carbocycles. The van der Waals surface area contributed by atoms with Crippen LogP contribution in [0.3, 0.4) is 0 Å². The highest BCUT2D eigenvalue weighted by Gasteiger charge is 2.18. The summed E-state index contributed by atoms with van der Waals surface area (Å²) in [7, 11) is 0. The number of likely N-dealkylation sites (N-methyl/N-ethyl adjacent to an activating group) is 1. The second-order valence-electron chi connectivity index (χ2n) is 2.87. The van der Waals surface area contributed by atoms with Crippen LogP contribution in [0.5, 0.6) is 0 Å². The van der Waals surface area contributed by atoms with E-state index in [0.717, 1.165) is 6.04 Å². The molecular weight excluding hydrogens is 148 g/mol. The third-order valence-corrected chi connectivity index (χ3v) is 2.36. The molecule has 2 heteroatoms. The van der Waals surface area contributed by atoms with Crippen LogP contribution in [0.2, 0.25) is 0 Å². The van der Waals surface area contributed by atoms with E-state index >= 15 is 0 Å². The summed E-state index contributed by atoms with van der Waals surface area (Å²) < 4.78 is 0. The van der Waals surface area contributed by atoms with Crippen molar-refractivity contribution in [3.8, 4) is 0 Å². The molecule has 0 aromatic heterocycles. The molecule has 12 heavy (non-hydrogen) atoms. The Morgan fingerprint density at radius 1 is 1.25 bits per heavy atom. The Morgan fingerprint density at radius 2 is 1.83 bits per heavy atom. The molecule has 1 N–H and O–H groups in total. The van der Waals surface area contributed by atoms with Gasteiger partial charge in [-0.05, 0) is 26.1 Å². The second kappa shape index (κ2) is 7.56. The fourth-order valence-electron chi connectivity index (χ4n) is 1.69. The lowest BCUT2D eigenvalue weighted by Gasteiger charge is -2.24. The van der Waals surface area contributed by atoms with Crippen LogP contribution < -0.4 is 5.32 Å². The summed E-state index contributed by atoms with van der Waals surface area (Å²) in [6.45, 7) is 13.3. The fraction of sp³-hybridized carbons (Fsp3) is 1.00. The monoisotopic (exact) mass is 172 g/mol. The average molecular weight is 172 g/mol. The van der Waals surface area contributed by atoms with E-state index in [4.69, 9.17) is 0 Å². The molecule has 1 atom stereocenters. The summed E-state index contributed by atoms with van der Waals surface area (Å²) in [5.41, 5.74) is 0. The molecule has 74 valence electrons. The predicted molar refractivity (Wildman–Crippen MR) is 55.5 cm³/mol. The molecule has 1 fully saturated rings. The molecular formula is C10H24N2. The highest BCUT2D eigenvalue weighted by molar-refractivity contribution is 4.78. The largest absolute Gasteiger partial charge is 0.315 e. The fourth-order valence-corrected chi connectivity index (χ4v) is 1.69. The first-order chi connectivity index (χ1) is 5.88. The molecule has 0 spiro atoms. The Balaban J connectivity index is 0.000000561. The Hall–Kier alpha value is -0.0800. The van der Waals surface area contributed by atoms with E-state index in [2.05, 4.69) is 24.1 Å². The van der Waals surface area contributed by atoms with Crippen molar-refractivity contribution in [3.63, 3.8) is 0 Å². The SMILES string of the molecule is CC.CCN(CC)C1CCNC1. The summed E-state index contributed by atoms with van der Waals surface area (Å²) in [5.74, 6) is 0. The number of hydrogen-bond acceptors (Lipinski definition) is 2. The van der Waals surface area contributed by atoms with Gasteiger partial charge in [-0.3, -0.25) is 4.90 Å². The van der Waals surface area contributed by atoms with Crippen LogP contribution in [0.4, 0.5) is 0 Å². The van der Waals surface area contributed by atoms with Gasteiger partial charge in [0.15, 0.2) is 0 Å². The lowest BCUT2D eigenvalue weighted by atomic mass is 10.2. The summed E-state index contributed by atoms with van der Waals surface area (Å²) in [5, 5.41) is 3.38. The third kappa shape index (κ3) is 3.55. The van der Waals surface area contributed by atoms with Gasteiger partial charge in [-0.15, -0.1) is 0 Å².